The van der Waals surface area contributed by atoms with Crippen LogP contribution in [0.2, 0.25) is 5.02 Å². The summed E-state index contributed by atoms with van der Waals surface area (Å²) in [7, 11) is 0. The van der Waals surface area contributed by atoms with E-state index < -0.39 is 0 Å². The Morgan fingerprint density at radius 3 is 2.50 bits per heavy atom. The van der Waals surface area contributed by atoms with E-state index in [0.29, 0.717) is 11.1 Å². The average molecular weight is 371 g/mol. The fraction of sp³-hybridized carbons (Fsp3) is 0.409. The van der Waals surface area contributed by atoms with E-state index in [1.165, 1.54) is 18.4 Å². The second-order valence-corrected chi connectivity index (χ2v) is 7.51. The summed E-state index contributed by atoms with van der Waals surface area (Å²) < 4.78 is 0. The van der Waals surface area contributed by atoms with Gasteiger partial charge in [-0.2, -0.15) is 0 Å². The fourth-order valence-electron chi connectivity index (χ4n) is 3.79. The first kappa shape index (κ1) is 18.8. The van der Waals surface area contributed by atoms with Gasteiger partial charge in [-0.05, 0) is 62.1 Å². The van der Waals surface area contributed by atoms with Crippen molar-refractivity contribution in [1.82, 2.24) is 5.32 Å². The molecule has 0 spiro atoms. The second kappa shape index (κ2) is 8.59. The van der Waals surface area contributed by atoms with Crippen LogP contribution >= 0.6 is 11.6 Å². The molecule has 2 aromatic carbocycles. The predicted octanol–water partition coefficient (Wildman–Crippen LogP) is 5.27. The molecule has 1 saturated carbocycles. The highest BCUT2D eigenvalue weighted by Crippen LogP contribution is 2.30. The van der Waals surface area contributed by atoms with Crippen LogP contribution < -0.4 is 10.2 Å². The van der Waals surface area contributed by atoms with Crippen LogP contribution in [0.15, 0.2) is 48.5 Å². The number of carbonyl (C=O) groups excluding carboxylic acids is 1. The molecule has 3 rings (SSSR count). The summed E-state index contributed by atoms with van der Waals surface area (Å²) in [6.07, 6.45) is 4.56. The van der Waals surface area contributed by atoms with Crippen molar-refractivity contribution in [2.75, 3.05) is 11.4 Å². The normalized spacial score (nSPS) is 15.7. The van der Waals surface area contributed by atoms with Gasteiger partial charge in [0.2, 0.25) is 5.91 Å². The molecule has 1 N–H and O–H groups in total. The maximum Gasteiger partial charge on any atom is 0.247 e. The lowest BCUT2D eigenvalue weighted by Gasteiger charge is -2.33. The number of nitrogens with zero attached hydrogens (tertiary/aromatic N) is 1. The highest BCUT2D eigenvalue weighted by Gasteiger charge is 2.29. The Balaban J connectivity index is 1.94. The number of benzene rings is 2. The van der Waals surface area contributed by atoms with Crippen molar-refractivity contribution in [3.63, 3.8) is 0 Å². The number of nitrogens with one attached hydrogen (secondary N) is 1. The molecule has 138 valence electrons. The lowest BCUT2D eigenvalue weighted by Crippen LogP contribution is -2.44. The van der Waals surface area contributed by atoms with Gasteiger partial charge in [0.1, 0.15) is 6.04 Å². The topological polar surface area (TPSA) is 32.3 Å². The largest absolute Gasteiger partial charge is 0.356 e. The van der Waals surface area contributed by atoms with Crippen LogP contribution in [0.1, 0.15) is 49.8 Å². The number of carbonyl (C=O) groups is 1. The Hall–Kier alpha value is -2.00. The van der Waals surface area contributed by atoms with E-state index in [9.17, 15) is 4.79 Å². The van der Waals surface area contributed by atoms with E-state index >= 15 is 0 Å². The molecule has 26 heavy (non-hydrogen) atoms. The Morgan fingerprint density at radius 2 is 1.88 bits per heavy atom. The first-order valence-electron chi connectivity index (χ1n) is 9.47. The Morgan fingerprint density at radius 1 is 1.19 bits per heavy atom. The first-order chi connectivity index (χ1) is 12.6. The number of halogens is 1. The van der Waals surface area contributed by atoms with Crippen LogP contribution in [-0.4, -0.2) is 18.5 Å². The third-order valence-electron chi connectivity index (χ3n) is 5.12. The van der Waals surface area contributed by atoms with Gasteiger partial charge >= 0.3 is 0 Å². The number of hydrogen-bond acceptors (Lipinski definition) is 2. The van der Waals surface area contributed by atoms with Crippen molar-refractivity contribution >= 4 is 23.2 Å². The van der Waals surface area contributed by atoms with Crippen LogP contribution in [0.5, 0.6) is 0 Å². The summed E-state index contributed by atoms with van der Waals surface area (Å²) in [5.41, 5.74) is 3.22. The van der Waals surface area contributed by atoms with Gasteiger partial charge in [0.15, 0.2) is 0 Å². The molecule has 0 radical (unpaired) electrons. The standard InChI is InChI=1S/C22H27ClN2O/c1-3-25(20-10-6-7-16(2)15-20)21(17-11-13-18(23)14-12-17)22(26)24-19-8-4-5-9-19/h6-7,10-15,19,21H,3-5,8-9H2,1-2H3,(H,24,26)/t21-/m1/s1. The summed E-state index contributed by atoms with van der Waals surface area (Å²) in [4.78, 5) is 15.4. The third kappa shape index (κ3) is 4.39. The Kier molecular flexibility index (Phi) is 6.20. The van der Waals surface area contributed by atoms with Crippen LogP contribution in [-0.2, 0) is 4.79 Å². The number of hydrogen-bond donors (Lipinski definition) is 1. The number of likely N-dealkylation sites (N-methyl/N-ethyl adjacent to an activating group) is 1. The molecule has 1 amide bonds. The number of aryl methyl sites for hydroxylation is 1. The zero-order valence-corrected chi connectivity index (χ0v) is 16.3. The van der Waals surface area contributed by atoms with Gasteiger partial charge in [0, 0.05) is 23.3 Å². The highest BCUT2D eigenvalue weighted by molar-refractivity contribution is 6.30. The molecule has 1 aliphatic rings. The van der Waals surface area contributed by atoms with Gasteiger partial charge in [0.05, 0.1) is 0 Å². The van der Waals surface area contributed by atoms with E-state index in [-0.39, 0.29) is 11.9 Å². The zero-order chi connectivity index (χ0) is 18.5. The monoisotopic (exact) mass is 370 g/mol. The molecule has 0 aliphatic heterocycles. The molecule has 0 unspecified atom stereocenters. The fourth-order valence-corrected chi connectivity index (χ4v) is 3.92. The van der Waals surface area contributed by atoms with Crippen molar-refractivity contribution < 1.29 is 4.79 Å². The zero-order valence-electron chi connectivity index (χ0n) is 15.5. The van der Waals surface area contributed by atoms with E-state index in [4.69, 9.17) is 11.6 Å². The van der Waals surface area contributed by atoms with Gasteiger partial charge in [-0.15, -0.1) is 0 Å². The van der Waals surface area contributed by atoms with Crippen molar-refractivity contribution in [2.45, 2.75) is 51.6 Å². The van der Waals surface area contributed by atoms with Crippen LogP contribution in [0.25, 0.3) is 0 Å². The Labute approximate surface area is 161 Å². The van der Waals surface area contributed by atoms with Gasteiger partial charge in [-0.3, -0.25) is 4.79 Å². The number of anilines is 1. The second-order valence-electron chi connectivity index (χ2n) is 7.07. The maximum absolute atomic E-state index is 13.3. The van der Waals surface area contributed by atoms with E-state index in [1.54, 1.807) is 0 Å². The minimum atomic E-state index is -0.361. The van der Waals surface area contributed by atoms with Crippen molar-refractivity contribution in [3.8, 4) is 0 Å². The molecular weight excluding hydrogens is 344 g/mol. The van der Waals surface area contributed by atoms with E-state index in [1.807, 2.05) is 30.3 Å². The molecule has 4 heteroatoms. The van der Waals surface area contributed by atoms with Gasteiger partial charge in [0.25, 0.3) is 0 Å². The summed E-state index contributed by atoms with van der Waals surface area (Å²) in [6.45, 7) is 4.91. The molecule has 1 fully saturated rings. The highest BCUT2D eigenvalue weighted by atomic mass is 35.5. The quantitative estimate of drug-likeness (QED) is 0.750. The SMILES string of the molecule is CCN(c1cccc(C)c1)[C@@H](C(=O)NC1CCCC1)c1ccc(Cl)cc1. The summed E-state index contributed by atoms with van der Waals surface area (Å²) in [6, 6.07) is 15.9. The van der Waals surface area contributed by atoms with Crippen molar-refractivity contribution in [1.29, 1.82) is 0 Å². The van der Waals surface area contributed by atoms with Crippen molar-refractivity contribution in [3.05, 3.63) is 64.7 Å². The van der Waals surface area contributed by atoms with Crippen LogP contribution in [0.4, 0.5) is 5.69 Å². The van der Waals surface area contributed by atoms with Crippen LogP contribution in [0.3, 0.4) is 0 Å². The summed E-state index contributed by atoms with van der Waals surface area (Å²) in [5, 5.41) is 3.96. The lowest BCUT2D eigenvalue weighted by molar-refractivity contribution is -0.123. The minimum Gasteiger partial charge on any atom is -0.356 e. The average Bonchev–Trinajstić information content (AvgIpc) is 3.13. The molecular formula is C22H27ClN2O. The maximum atomic E-state index is 13.3. The minimum absolute atomic E-state index is 0.0718. The smallest absolute Gasteiger partial charge is 0.247 e. The lowest BCUT2D eigenvalue weighted by atomic mass is 10.0. The molecule has 1 atom stereocenters. The molecule has 0 aromatic heterocycles. The van der Waals surface area contributed by atoms with Gasteiger partial charge in [-0.25, -0.2) is 0 Å². The summed E-state index contributed by atoms with van der Waals surface area (Å²) in [5.74, 6) is 0.0718. The van der Waals surface area contributed by atoms with E-state index in [0.717, 1.165) is 30.6 Å². The third-order valence-corrected chi connectivity index (χ3v) is 5.37. The molecule has 1 aliphatic carbocycles. The summed E-state index contributed by atoms with van der Waals surface area (Å²) >= 11 is 6.07. The number of amides is 1. The van der Waals surface area contributed by atoms with Crippen LogP contribution in [0, 0.1) is 6.92 Å². The Bertz CT molecular complexity index is 738. The molecule has 0 heterocycles. The predicted molar refractivity (Wildman–Crippen MR) is 109 cm³/mol. The van der Waals surface area contributed by atoms with Gasteiger partial charge < -0.3 is 10.2 Å². The molecule has 2 aromatic rings. The first-order valence-corrected chi connectivity index (χ1v) is 9.85. The van der Waals surface area contributed by atoms with E-state index in [2.05, 4.69) is 42.3 Å². The van der Waals surface area contributed by atoms with Gasteiger partial charge in [-0.1, -0.05) is 48.7 Å². The molecule has 0 bridgehead atoms. The molecule has 0 saturated heterocycles. The van der Waals surface area contributed by atoms with Crippen molar-refractivity contribution in [2.24, 2.45) is 0 Å². The molecule has 3 nitrogen and oxygen atoms in total. The number of rotatable bonds is 6.